The summed E-state index contributed by atoms with van der Waals surface area (Å²) in [5.74, 6) is -0.263. The number of amides is 2. The van der Waals surface area contributed by atoms with Gasteiger partial charge < -0.3 is 10.6 Å². The minimum Gasteiger partial charge on any atom is -0.326 e. The van der Waals surface area contributed by atoms with E-state index in [2.05, 4.69) is 15.6 Å². The summed E-state index contributed by atoms with van der Waals surface area (Å²) in [5.41, 5.74) is 2.20. The molecule has 0 radical (unpaired) electrons. The van der Waals surface area contributed by atoms with Gasteiger partial charge in [-0.25, -0.2) is 0 Å². The molecule has 0 aliphatic rings. The molecule has 0 spiro atoms. The standard InChI is InChI=1S/C15H15N3O2/c1-11(19)17-13-3-2-4-14(10-13)18-15(20)9-12-5-7-16-8-6-12/h2-8,10H,9H2,1H3,(H,17,19)(H,18,20). The monoisotopic (exact) mass is 269 g/mol. The molecule has 1 aromatic carbocycles. The Morgan fingerprint density at radius 3 is 2.35 bits per heavy atom. The fraction of sp³-hybridized carbons (Fsp3) is 0.133. The predicted octanol–water partition coefficient (Wildman–Crippen LogP) is 2.22. The molecule has 20 heavy (non-hydrogen) atoms. The Balaban J connectivity index is 1.99. The van der Waals surface area contributed by atoms with E-state index in [1.807, 2.05) is 0 Å². The molecule has 0 aliphatic heterocycles. The lowest BCUT2D eigenvalue weighted by atomic mass is 10.2. The zero-order valence-corrected chi connectivity index (χ0v) is 11.1. The van der Waals surface area contributed by atoms with E-state index in [0.717, 1.165) is 5.56 Å². The summed E-state index contributed by atoms with van der Waals surface area (Å²) in [6.07, 6.45) is 3.59. The zero-order chi connectivity index (χ0) is 14.4. The van der Waals surface area contributed by atoms with Crippen molar-refractivity contribution in [3.63, 3.8) is 0 Å². The number of nitrogens with zero attached hydrogens (tertiary/aromatic N) is 1. The summed E-state index contributed by atoms with van der Waals surface area (Å²) in [6.45, 7) is 1.44. The SMILES string of the molecule is CC(=O)Nc1cccc(NC(=O)Cc2ccncc2)c1. The van der Waals surface area contributed by atoms with Gasteiger partial charge in [-0.1, -0.05) is 6.07 Å². The number of hydrogen-bond acceptors (Lipinski definition) is 3. The van der Waals surface area contributed by atoms with Crippen LogP contribution in [0.2, 0.25) is 0 Å². The molecule has 1 heterocycles. The smallest absolute Gasteiger partial charge is 0.228 e. The number of aromatic nitrogens is 1. The van der Waals surface area contributed by atoms with Gasteiger partial charge in [0.1, 0.15) is 0 Å². The Kier molecular flexibility index (Phi) is 4.44. The fourth-order valence-corrected chi connectivity index (χ4v) is 1.77. The molecule has 2 aromatic rings. The molecule has 0 aliphatic carbocycles. The molecule has 5 heteroatoms. The summed E-state index contributed by atoms with van der Waals surface area (Å²) >= 11 is 0. The summed E-state index contributed by atoms with van der Waals surface area (Å²) < 4.78 is 0. The van der Waals surface area contributed by atoms with Gasteiger partial charge in [0.15, 0.2) is 0 Å². The van der Waals surface area contributed by atoms with Crippen LogP contribution in [0, 0.1) is 0 Å². The van der Waals surface area contributed by atoms with Crippen molar-refractivity contribution >= 4 is 23.2 Å². The molecule has 2 rings (SSSR count). The number of carbonyl (C=O) groups is 2. The predicted molar refractivity (Wildman–Crippen MR) is 77.3 cm³/mol. The van der Waals surface area contributed by atoms with Crippen molar-refractivity contribution in [1.29, 1.82) is 0 Å². The third kappa shape index (κ3) is 4.20. The van der Waals surface area contributed by atoms with E-state index in [1.54, 1.807) is 48.8 Å². The largest absolute Gasteiger partial charge is 0.326 e. The van der Waals surface area contributed by atoms with Gasteiger partial charge in [-0.15, -0.1) is 0 Å². The second-order valence-corrected chi connectivity index (χ2v) is 4.34. The Morgan fingerprint density at radius 2 is 1.70 bits per heavy atom. The van der Waals surface area contributed by atoms with Crippen molar-refractivity contribution in [1.82, 2.24) is 4.98 Å². The highest BCUT2D eigenvalue weighted by atomic mass is 16.2. The van der Waals surface area contributed by atoms with E-state index in [9.17, 15) is 9.59 Å². The van der Waals surface area contributed by atoms with Crippen LogP contribution >= 0.6 is 0 Å². The molecule has 0 saturated carbocycles. The van der Waals surface area contributed by atoms with Crippen molar-refractivity contribution in [2.45, 2.75) is 13.3 Å². The lowest BCUT2D eigenvalue weighted by Crippen LogP contribution is -2.14. The first kappa shape index (κ1) is 13.7. The molecule has 2 amide bonds. The van der Waals surface area contributed by atoms with Crippen LogP contribution in [0.4, 0.5) is 11.4 Å². The topological polar surface area (TPSA) is 71.1 Å². The molecule has 0 atom stereocenters. The Labute approximate surface area is 117 Å². The molecule has 0 unspecified atom stereocenters. The fourth-order valence-electron chi connectivity index (χ4n) is 1.77. The lowest BCUT2D eigenvalue weighted by Gasteiger charge is -2.07. The van der Waals surface area contributed by atoms with Crippen LogP contribution in [-0.2, 0) is 16.0 Å². The molecular formula is C15H15N3O2. The maximum Gasteiger partial charge on any atom is 0.228 e. The molecule has 2 N–H and O–H groups in total. The maximum atomic E-state index is 11.9. The van der Waals surface area contributed by atoms with Gasteiger partial charge in [-0.2, -0.15) is 0 Å². The normalized spacial score (nSPS) is 9.85. The summed E-state index contributed by atoms with van der Waals surface area (Å²) in [7, 11) is 0. The first-order valence-electron chi connectivity index (χ1n) is 6.20. The van der Waals surface area contributed by atoms with Crippen LogP contribution in [0.1, 0.15) is 12.5 Å². The molecule has 102 valence electrons. The maximum absolute atomic E-state index is 11.9. The van der Waals surface area contributed by atoms with Crippen molar-refractivity contribution in [3.8, 4) is 0 Å². The summed E-state index contributed by atoms with van der Waals surface area (Å²) in [5, 5.41) is 5.46. The third-order valence-corrected chi connectivity index (χ3v) is 2.58. The molecule has 0 fully saturated rings. The van der Waals surface area contributed by atoms with Crippen LogP contribution < -0.4 is 10.6 Å². The summed E-state index contributed by atoms with van der Waals surface area (Å²) in [4.78, 5) is 26.8. The Bertz CT molecular complexity index is 612. The highest BCUT2D eigenvalue weighted by Gasteiger charge is 2.04. The first-order valence-corrected chi connectivity index (χ1v) is 6.20. The van der Waals surface area contributed by atoms with Crippen molar-refractivity contribution in [2.75, 3.05) is 10.6 Å². The highest BCUT2D eigenvalue weighted by Crippen LogP contribution is 2.15. The second kappa shape index (κ2) is 6.47. The molecule has 0 saturated heterocycles. The van der Waals surface area contributed by atoms with Crippen LogP contribution in [0.5, 0.6) is 0 Å². The van der Waals surface area contributed by atoms with Gasteiger partial charge in [0.2, 0.25) is 11.8 Å². The van der Waals surface area contributed by atoms with Gasteiger partial charge in [-0.3, -0.25) is 14.6 Å². The van der Waals surface area contributed by atoms with E-state index < -0.39 is 0 Å². The average molecular weight is 269 g/mol. The number of hydrogen-bond donors (Lipinski definition) is 2. The minimum absolute atomic E-state index is 0.115. The number of nitrogens with one attached hydrogen (secondary N) is 2. The molecule has 0 bridgehead atoms. The van der Waals surface area contributed by atoms with E-state index in [-0.39, 0.29) is 18.2 Å². The van der Waals surface area contributed by atoms with Crippen LogP contribution in [-0.4, -0.2) is 16.8 Å². The lowest BCUT2D eigenvalue weighted by molar-refractivity contribution is -0.115. The number of benzene rings is 1. The van der Waals surface area contributed by atoms with Crippen LogP contribution in [0.15, 0.2) is 48.8 Å². The van der Waals surface area contributed by atoms with E-state index in [0.29, 0.717) is 11.4 Å². The van der Waals surface area contributed by atoms with Gasteiger partial charge in [0, 0.05) is 30.7 Å². The van der Waals surface area contributed by atoms with Crippen LogP contribution in [0.25, 0.3) is 0 Å². The number of anilines is 2. The number of rotatable bonds is 4. The molecular weight excluding hydrogens is 254 g/mol. The van der Waals surface area contributed by atoms with Crippen molar-refractivity contribution in [2.24, 2.45) is 0 Å². The number of carbonyl (C=O) groups excluding carboxylic acids is 2. The quantitative estimate of drug-likeness (QED) is 0.894. The molecule has 5 nitrogen and oxygen atoms in total. The van der Waals surface area contributed by atoms with E-state index in [1.165, 1.54) is 6.92 Å². The van der Waals surface area contributed by atoms with E-state index >= 15 is 0 Å². The minimum atomic E-state index is -0.148. The van der Waals surface area contributed by atoms with Crippen molar-refractivity contribution in [3.05, 3.63) is 54.4 Å². The van der Waals surface area contributed by atoms with Gasteiger partial charge >= 0.3 is 0 Å². The van der Waals surface area contributed by atoms with Gasteiger partial charge in [-0.05, 0) is 35.9 Å². The molecule has 1 aromatic heterocycles. The Hall–Kier alpha value is -2.69. The van der Waals surface area contributed by atoms with Gasteiger partial charge in [0.25, 0.3) is 0 Å². The number of pyridine rings is 1. The second-order valence-electron chi connectivity index (χ2n) is 4.34. The first-order chi connectivity index (χ1) is 9.63. The van der Waals surface area contributed by atoms with Crippen LogP contribution in [0.3, 0.4) is 0 Å². The van der Waals surface area contributed by atoms with Gasteiger partial charge in [0.05, 0.1) is 6.42 Å². The zero-order valence-electron chi connectivity index (χ0n) is 11.1. The highest BCUT2D eigenvalue weighted by molar-refractivity contribution is 5.94. The average Bonchev–Trinajstić information content (AvgIpc) is 2.39. The third-order valence-electron chi connectivity index (χ3n) is 2.58. The Morgan fingerprint density at radius 1 is 1.05 bits per heavy atom. The summed E-state index contributed by atoms with van der Waals surface area (Å²) in [6, 6.07) is 10.6. The van der Waals surface area contributed by atoms with E-state index in [4.69, 9.17) is 0 Å². The van der Waals surface area contributed by atoms with Crippen molar-refractivity contribution < 1.29 is 9.59 Å².